The molecule has 0 aliphatic rings. The normalized spacial score (nSPS) is 11.9. The first-order chi connectivity index (χ1) is 7.60. The van der Waals surface area contributed by atoms with E-state index in [0.717, 1.165) is 12.3 Å². The highest BCUT2D eigenvalue weighted by Gasteiger charge is 2.15. The second kappa shape index (κ2) is 6.29. The minimum absolute atomic E-state index is 0.0448. The van der Waals surface area contributed by atoms with Crippen LogP contribution in [0.2, 0.25) is 0 Å². The molecule has 0 atom stereocenters. The summed E-state index contributed by atoms with van der Waals surface area (Å²) < 4.78 is 30.1. The number of hydrogen-bond acceptors (Lipinski definition) is 5. The van der Waals surface area contributed by atoms with Gasteiger partial charge in [0.1, 0.15) is 5.76 Å². The van der Waals surface area contributed by atoms with Gasteiger partial charge in [0.05, 0.1) is 6.54 Å². The summed E-state index contributed by atoms with van der Waals surface area (Å²) in [5.74, 6) is 1.64. The highest BCUT2D eigenvalue weighted by Crippen LogP contribution is 2.12. The van der Waals surface area contributed by atoms with Gasteiger partial charge in [0.15, 0.2) is 0 Å². The Bertz CT molecular complexity index is 414. The molecule has 0 saturated carbocycles. The summed E-state index contributed by atoms with van der Waals surface area (Å²) in [7, 11) is -2.11. The molecule has 1 heterocycles. The Labute approximate surface area is 100 Å². The van der Waals surface area contributed by atoms with Gasteiger partial charge in [-0.05, 0) is 25.4 Å². The van der Waals surface area contributed by atoms with Gasteiger partial charge in [-0.3, -0.25) is 0 Å². The third-order valence-corrected chi connectivity index (χ3v) is 3.85. The molecule has 0 radical (unpaired) electrons. The van der Waals surface area contributed by atoms with Crippen molar-refractivity contribution in [3.05, 3.63) is 17.9 Å². The van der Waals surface area contributed by atoms with Gasteiger partial charge in [-0.1, -0.05) is 0 Å². The van der Waals surface area contributed by atoms with Crippen molar-refractivity contribution < 1.29 is 12.8 Å². The zero-order chi connectivity index (χ0) is 12.0. The van der Waals surface area contributed by atoms with E-state index in [9.17, 15) is 8.42 Å². The van der Waals surface area contributed by atoms with Crippen LogP contribution in [0.15, 0.2) is 21.6 Å². The Morgan fingerprint density at radius 2 is 2.19 bits per heavy atom. The third-order valence-electron chi connectivity index (χ3n) is 1.95. The van der Waals surface area contributed by atoms with E-state index < -0.39 is 10.0 Å². The number of rotatable bonds is 7. The summed E-state index contributed by atoms with van der Waals surface area (Å²) in [6, 6.07) is 3.12. The maximum Gasteiger partial charge on any atom is 0.273 e. The topological polar surface area (TPSA) is 71.3 Å². The van der Waals surface area contributed by atoms with E-state index in [0.29, 0.717) is 12.3 Å². The van der Waals surface area contributed by atoms with Gasteiger partial charge in [-0.15, -0.1) is 0 Å². The average molecular weight is 264 g/mol. The molecule has 0 spiro atoms. The number of sulfonamides is 1. The van der Waals surface area contributed by atoms with Crippen LogP contribution >= 0.6 is 11.8 Å². The van der Waals surface area contributed by atoms with Gasteiger partial charge >= 0.3 is 0 Å². The van der Waals surface area contributed by atoms with Gasteiger partial charge in [-0.25, -0.2) is 13.1 Å². The van der Waals surface area contributed by atoms with Crippen LogP contribution in [-0.2, 0) is 16.6 Å². The predicted molar refractivity (Wildman–Crippen MR) is 65.0 cm³/mol. The molecule has 0 aromatic carbocycles. The summed E-state index contributed by atoms with van der Waals surface area (Å²) in [4.78, 5) is 0. The van der Waals surface area contributed by atoms with Crippen molar-refractivity contribution in [3.8, 4) is 0 Å². The first-order valence-electron chi connectivity index (χ1n) is 4.82. The zero-order valence-electron chi connectivity index (χ0n) is 9.32. The highest BCUT2D eigenvalue weighted by atomic mass is 32.2. The molecule has 1 aromatic heterocycles. The van der Waals surface area contributed by atoms with Gasteiger partial charge in [0.2, 0.25) is 5.09 Å². The van der Waals surface area contributed by atoms with Gasteiger partial charge in [0, 0.05) is 12.3 Å². The largest absolute Gasteiger partial charge is 0.447 e. The van der Waals surface area contributed by atoms with E-state index in [1.807, 2.05) is 6.26 Å². The molecule has 1 aromatic rings. The Kier molecular flexibility index (Phi) is 5.33. The summed E-state index contributed by atoms with van der Waals surface area (Å²) in [5.41, 5.74) is 0. The molecule has 2 N–H and O–H groups in total. The molecule has 0 fully saturated rings. The monoisotopic (exact) mass is 264 g/mol. The van der Waals surface area contributed by atoms with Crippen LogP contribution in [0.25, 0.3) is 0 Å². The van der Waals surface area contributed by atoms with Crippen LogP contribution in [0.5, 0.6) is 0 Å². The fourth-order valence-electron chi connectivity index (χ4n) is 1.08. The maximum atomic E-state index is 11.4. The van der Waals surface area contributed by atoms with Crippen LogP contribution < -0.4 is 10.0 Å². The van der Waals surface area contributed by atoms with Crippen molar-refractivity contribution >= 4 is 21.8 Å². The molecule has 0 saturated heterocycles. The van der Waals surface area contributed by atoms with Crippen molar-refractivity contribution in [2.24, 2.45) is 0 Å². The molecule has 5 nitrogen and oxygen atoms in total. The lowest BCUT2D eigenvalue weighted by atomic mass is 10.4. The maximum absolute atomic E-state index is 11.4. The second-order valence-corrected chi connectivity index (χ2v) is 5.90. The molecule has 0 unspecified atom stereocenters. The molecule has 0 amide bonds. The van der Waals surface area contributed by atoms with Crippen LogP contribution in [-0.4, -0.2) is 34.0 Å². The molecular formula is C9H16N2O3S2. The van der Waals surface area contributed by atoms with Crippen LogP contribution in [0.1, 0.15) is 5.76 Å². The predicted octanol–water partition coefficient (Wildman–Crippen LogP) is 0.640. The van der Waals surface area contributed by atoms with E-state index in [4.69, 9.17) is 4.42 Å². The quantitative estimate of drug-likeness (QED) is 0.707. The van der Waals surface area contributed by atoms with Crippen molar-refractivity contribution in [3.63, 3.8) is 0 Å². The Hall–Kier alpha value is -0.500. The number of furan rings is 1. The molecular weight excluding hydrogens is 248 g/mol. The van der Waals surface area contributed by atoms with E-state index in [2.05, 4.69) is 10.0 Å². The fourth-order valence-corrected chi connectivity index (χ4v) is 2.10. The molecule has 7 heteroatoms. The first kappa shape index (κ1) is 13.6. The molecule has 16 heavy (non-hydrogen) atoms. The Morgan fingerprint density at radius 3 is 2.81 bits per heavy atom. The molecule has 0 aliphatic heterocycles. The molecule has 0 aliphatic carbocycles. The first-order valence-corrected chi connectivity index (χ1v) is 7.70. The van der Waals surface area contributed by atoms with E-state index >= 15 is 0 Å². The SMILES string of the molecule is CNS(=O)(=O)c1ccc(CNCCSC)o1. The van der Waals surface area contributed by atoms with E-state index in [1.165, 1.54) is 13.1 Å². The minimum Gasteiger partial charge on any atom is -0.447 e. The number of nitrogens with one attached hydrogen (secondary N) is 2. The van der Waals surface area contributed by atoms with Gasteiger partial charge < -0.3 is 9.73 Å². The Balaban J connectivity index is 2.52. The van der Waals surface area contributed by atoms with Crippen LogP contribution in [0, 0.1) is 0 Å². The van der Waals surface area contributed by atoms with Crippen LogP contribution in [0.3, 0.4) is 0 Å². The van der Waals surface area contributed by atoms with Gasteiger partial charge in [0.25, 0.3) is 10.0 Å². The molecule has 1 rings (SSSR count). The smallest absolute Gasteiger partial charge is 0.273 e. The summed E-state index contributed by atoms with van der Waals surface area (Å²) >= 11 is 1.75. The van der Waals surface area contributed by atoms with Crippen LogP contribution in [0.4, 0.5) is 0 Å². The zero-order valence-corrected chi connectivity index (χ0v) is 11.0. The third kappa shape index (κ3) is 3.82. The standard InChI is InChI=1S/C9H16N2O3S2/c1-10-16(12,13)9-4-3-8(14-9)7-11-5-6-15-2/h3-4,10-11H,5-7H2,1-2H3. The summed E-state index contributed by atoms with van der Waals surface area (Å²) in [5, 5.41) is 3.11. The lowest BCUT2D eigenvalue weighted by molar-refractivity contribution is 0.402. The molecule has 92 valence electrons. The van der Waals surface area contributed by atoms with Crippen molar-refractivity contribution in [1.82, 2.24) is 10.0 Å². The summed E-state index contributed by atoms with van der Waals surface area (Å²) in [6.07, 6.45) is 2.03. The van der Waals surface area contributed by atoms with Crippen molar-refractivity contribution in [2.75, 3.05) is 25.6 Å². The van der Waals surface area contributed by atoms with Gasteiger partial charge in [-0.2, -0.15) is 11.8 Å². The van der Waals surface area contributed by atoms with Crippen molar-refractivity contribution in [1.29, 1.82) is 0 Å². The van der Waals surface area contributed by atoms with E-state index in [1.54, 1.807) is 17.8 Å². The lowest BCUT2D eigenvalue weighted by Gasteiger charge is -2.00. The lowest BCUT2D eigenvalue weighted by Crippen LogP contribution is -2.18. The molecule has 0 bridgehead atoms. The Morgan fingerprint density at radius 1 is 1.44 bits per heavy atom. The van der Waals surface area contributed by atoms with Crippen molar-refractivity contribution in [2.45, 2.75) is 11.6 Å². The fraction of sp³-hybridized carbons (Fsp3) is 0.556. The average Bonchev–Trinajstić information content (AvgIpc) is 2.74. The van der Waals surface area contributed by atoms with E-state index in [-0.39, 0.29) is 5.09 Å². The highest BCUT2D eigenvalue weighted by molar-refractivity contribution is 7.98. The summed E-state index contributed by atoms with van der Waals surface area (Å²) in [6.45, 7) is 1.41. The number of hydrogen-bond donors (Lipinski definition) is 2. The minimum atomic E-state index is -3.46. The number of thioether (sulfide) groups is 1. The second-order valence-electron chi connectivity index (χ2n) is 3.10.